The normalized spacial score (nSPS) is 15.3. The highest BCUT2D eigenvalue weighted by molar-refractivity contribution is 5.19. The third-order valence-electron chi connectivity index (χ3n) is 3.19. The Morgan fingerprint density at radius 1 is 1.27 bits per heavy atom. The van der Waals surface area contributed by atoms with E-state index in [1.807, 2.05) is 6.07 Å². The number of nitrogens with zero attached hydrogens (tertiary/aromatic N) is 1. The molecule has 0 saturated heterocycles. The molecule has 2 unspecified atom stereocenters. The van der Waals surface area contributed by atoms with Crippen molar-refractivity contribution in [3.05, 3.63) is 35.9 Å². The van der Waals surface area contributed by atoms with Crippen LogP contribution >= 0.6 is 0 Å². The van der Waals surface area contributed by atoms with Gasteiger partial charge in [-0.05, 0) is 26.0 Å². The fourth-order valence-electron chi connectivity index (χ4n) is 1.81. The number of rotatable bonds is 5. The summed E-state index contributed by atoms with van der Waals surface area (Å²) in [7, 11) is 2.15. The van der Waals surface area contributed by atoms with Crippen molar-refractivity contribution in [1.29, 1.82) is 0 Å². The maximum atomic E-state index is 5.86. The maximum Gasteiger partial charge on any atom is 0.0470 e. The minimum atomic E-state index is 0.334. The molecule has 0 heterocycles. The van der Waals surface area contributed by atoms with E-state index in [-0.39, 0.29) is 0 Å². The van der Waals surface area contributed by atoms with Crippen LogP contribution in [0.1, 0.15) is 31.9 Å². The average Bonchev–Trinajstić information content (AvgIpc) is 2.30. The molecule has 2 atom stereocenters. The van der Waals surface area contributed by atoms with Crippen LogP contribution in [0.5, 0.6) is 0 Å². The van der Waals surface area contributed by atoms with Crippen molar-refractivity contribution in [3.8, 4) is 0 Å². The molecule has 0 radical (unpaired) electrons. The van der Waals surface area contributed by atoms with Gasteiger partial charge in [-0.15, -0.1) is 0 Å². The van der Waals surface area contributed by atoms with Crippen molar-refractivity contribution >= 4 is 0 Å². The van der Waals surface area contributed by atoms with Crippen LogP contribution in [0.4, 0.5) is 0 Å². The highest BCUT2D eigenvalue weighted by atomic mass is 15.2. The summed E-state index contributed by atoms with van der Waals surface area (Å²) in [5.74, 6) is 0. The van der Waals surface area contributed by atoms with Gasteiger partial charge in [0.1, 0.15) is 0 Å². The van der Waals surface area contributed by atoms with Crippen molar-refractivity contribution in [1.82, 2.24) is 4.90 Å². The summed E-state index contributed by atoms with van der Waals surface area (Å²) in [6.07, 6.45) is 1.15. The molecular formula is C13H22N2. The average molecular weight is 206 g/mol. The zero-order chi connectivity index (χ0) is 11.3. The van der Waals surface area contributed by atoms with Crippen LogP contribution in [0.3, 0.4) is 0 Å². The van der Waals surface area contributed by atoms with Gasteiger partial charge in [0.15, 0.2) is 0 Å². The molecule has 1 aromatic rings. The van der Waals surface area contributed by atoms with Crippen LogP contribution in [0.15, 0.2) is 30.3 Å². The molecule has 0 fully saturated rings. The first-order valence-corrected chi connectivity index (χ1v) is 5.67. The molecule has 0 amide bonds. The first-order valence-electron chi connectivity index (χ1n) is 5.67. The first kappa shape index (κ1) is 12.2. The van der Waals surface area contributed by atoms with Crippen LogP contribution in [0, 0.1) is 0 Å². The molecule has 2 N–H and O–H groups in total. The highest BCUT2D eigenvalue weighted by Gasteiger charge is 2.18. The number of nitrogens with two attached hydrogens (primary N) is 1. The number of hydrogen-bond acceptors (Lipinski definition) is 2. The van der Waals surface area contributed by atoms with Crippen LogP contribution < -0.4 is 5.73 Å². The van der Waals surface area contributed by atoms with Gasteiger partial charge in [0, 0.05) is 18.6 Å². The lowest BCUT2D eigenvalue weighted by molar-refractivity contribution is 0.184. The molecular weight excluding hydrogens is 184 g/mol. The van der Waals surface area contributed by atoms with Crippen molar-refractivity contribution in [2.75, 3.05) is 13.6 Å². The number of likely N-dealkylation sites (N-methyl/N-ethyl adjacent to an activating group) is 1. The Labute approximate surface area is 93.1 Å². The molecule has 0 aliphatic rings. The molecule has 0 aromatic heterocycles. The van der Waals surface area contributed by atoms with E-state index in [4.69, 9.17) is 5.73 Å². The Morgan fingerprint density at radius 3 is 2.33 bits per heavy atom. The van der Waals surface area contributed by atoms with Crippen molar-refractivity contribution in [2.45, 2.75) is 32.4 Å². The molecule has 2 nitrogen and oxygen atoms in total. The van der Waals surface area contributed by atoms with E-state index in [0.717, 1.165) is 6.42 Å². The van der Waals surface area contributed by atoms with E-state index in [0.29, 0.717) is 18.6 Å². The second kappa shape index (κ2) is 5.89. The molecule has 0 bridgehead atoms. The van der Waals surface area contributed by atoms with E-state index in [1.165, 1.54) is 5.56 Å². The molecule has 15 heavy (non-hydrogen) atoms. The summed E-state index contributed by atoms with van der Waals surface area (Å²) in [6.45, 7) is 5.12. The smallest absolute Gasteiger partial charge is 0.0470 e. The predicted octanol–water partition coefficient (Wildman–Crippen LogP) is 2.42. The Morgan fingerprint density at radius 2 is 1.87 bits per heavy atom. The molecule has 0 spiro atoms. The number of benzene rings is 1. The SMILES string of the molecule is CCC(C)N(C)C(CN)c1ccccc1. The molecule has 2 heteroatoms. The van der Waals surface area contributed by atoms with Crippen LogP contribution in [-0.2, 0) is 0 Å². The number of hydrogen-bond donors (Lipinski definition) is 1. The van der Waals surface area contributed by atoms with E-state index in [9.17, 15) is 0 Å². The minimum absolute atomic E-state index is 0.334. The quantitative estimate of drug-likeness (QED) is 0.801. The van der Waals surface area contributed by atoms with Gasteiger partial charge >= 0.3 is 0 Å². The van der Waals surface area contributed by atoms with Gasteiger partial charge < -0.3 is 5.73 Å². The first-order chi connectivity index (χ1) is 7.20. The third-order valence-corrected chi connectivity index (χ3v) is 3.19. The highest BCUT2D eigenvalue weighted by Crippen LogP contribution is 2.20. The van der Waals surface area contributed by atoms with Crippen molar-refractivity contribution in [3.63, 3.8) is 0 Å². The summed E-state index contributed by atoms with van der Waals surface area (Å²) in [4.78, 5) is 2.36. The fraction of sp³-hybridized carbons (Fsp3) is 0.538. The van der Waals surface area contributed by atoms with Crippen molar-refractivity contribution in [2.24, 2.45) is 5.73 Å². The summed E-state index contributed by atoms with van der Waals surface area (Å²) >= 11 is 0. The van der Waals surface area contributed by atoms with Gasteiger partial charge in [-0.1, -0.05) is 37.3 Å². The topological polar surface area (TPSA) is 29.3 Å². The second-order valence-electron chi connectivity index (χ2n) is 4.08. The Balaban J connectivity index is 2.80. The third kappa shape index (κ3) is 3.05. The zero-order valence-electron chi connectivity index (χ0n) is 9.98. The summed E-state index contributed by atoms with van der Waals surface area (Å²) in [5, 5.41) is 0. The molecule has 1 rings (SSSR count). The summed E-state index contributed by atoms with van der Waals surface area (Å²) in [5.41, 5.74) is 7.16. The van der Waals surface area contributed by atoms with Crippen LogP contribution in [0.2, 0.25) is 0 Å². The molecule has 84 valence electrons. The monoisotopic (exact) mass is 206 g/mol. The van der Waals surface area contributed by atoms with E-state index in [1.54, 1.807) is 0 Å². The van der Waals surface area contributed by atoms with Crippen LogP contribution in [0.25, 0.3) is 0 Å². The largest absolute Gasteiger partial charge is 0.329 e. The van der Waals surface area contributed by atoms with Gasteiger partial charge in [-0.3, -0.25) is 4.90 Å². The molecule has 1 aromatic carbocycles. The Bertz CT molecular complexity index is 271. The van der Waals surface area contributed by atoms with E-state index >= 15 is 0 Å². The molecule has 0 aliphatic carbocycles. The lowest BCUT2D eigenvalue weighted by Gasteiger charge is -2.32. The van der Waals surface area contributed by atoms with Crippen molar-refractivity contribution < 1.29 is 0 Å². The van der Waals surface area contributed by atoms with Gasteiger partial charge in [0.25, 0.3) is 0 Å². The minimum Gasteiger partial charge on any atom is -0.329 e. The second-order valence-corrected chi connectivity index (χ2v) is 4.08. The predicted molar refractivity (Wildman–Crippen MR) is 65.8 cm³/mol. The Kier molecular flexibility index (Phi) is 4.79. The van der Waals surface area contributed by atoms with E-state index in [2.05, 4.69) is 50.1 Å². The lowest BCUT2D eigenvalue weighted by Crippen LogP contribution is -2.36. The molecule has 0 aliphatic heterocycles. The van der Waals surface area contributed by atoms with Gasteiger partial charge in [-0.2, -0.15) is 0 Å². The van der Waals surface area contributed by atoms with Gasteiger partial charge in [0.05, 0.1) is 0 Å². The summed E-state index contributed by atoms with van der Waals surface area (Å²) in [6, 6.07) is 11.4. The van der Waals surface area contributed by atoms with E-state index < -0.39 is 0 Å². The zero-order valence-corrected chi connectivity index (χ0v) is 9.98. The van der Waals surface area contributed by atoms with Crippen LogP contribution in [-0.4, -0.2) is 24.5 Å². The molecule has 0 saturated carbocycles. The lowest BCUT2D eigenvalue weighted by atomic mass is 10.0. The standard InChI is InChI=1S/C13H22N2/c1-4-11(2)15(3)13(10-14)12-8-6-5-7-9-12/h5-9,11,13H,4,10,14H2,1-3H3. The fourth-order valence-corrected chi connectivity index (χ4v) is 1.81. The van der Waals surface area contributed by atoms with Gasteiger partial charge in [-0.25, -0.2) is 0 Å². The maximum absolute atomic E-state index is 5.86. The van der Waals surface area contributed by atoms with Gasteiger partial charge in [0.2, 0.25) is 0 Å². The Hall–Kier alpha value is -0.860. The summed E-state index contributed by atoms with van der Waals surface area (Å²) < 4.78 is 0.